The first-order chi connectivity index (χ1) is 16.5. The van der Waals surface area contributed by atoms with E-state index in [1.165, 1.54) is 17.7 Å². The van der Waals surface area contributed by atoms with Gasteiger partial charge < -0.3 is 20.2 Å². The van der Waals surface area contributed by atoms with Crippen LogP contribution in [-0.2, 0) is 6.54 Å². The molecule has 2 fully saturated rings. The lowest BCUT2D eigenvalue weighted by Gasteiger charge is -2.31. The summed E-state index contributed by atoms with van der Waals surface area (Å²) in [5.74, 6) is 0.938. The second kappa shape index (κ2) is 8.53. The van der Waals surface area contributed by atoms with Gasteiger partial charge in [-0.3, -0.25) is 4.90 Å². The summed E-state index contributed by atoms with van der Waals surface area (Å²) in [6.07, 6.45) is 5.99. The average Bonchev–Trinajstić information content (AvgIpc) is 3.20. The highest BCUT2D eigenvalue weighted by atomic mass is 32.1. The molecule has 0 amide bonds. The fourth-order valence-electron chi connectivity index (χ4n) is 4.29. The second-order valence-corrected chi connectivity index (χ2v) is 10.4. The molecule has 5 heterocycles. The standard InChI is InChI=1S/C24H28N8OS/c1-15-19(29-24(33)26-15)11-16-13-25-32-22(27-17-3-4-17)12-20(28-23(16)32)21-6-5-18(34-21)14-31-9-7-30(2)8-10-31/h5-6,11-13,17,27H,1,3-4,7-10,14H2,2H3,(H2,26,29,33)/b19-11-. The maximum absolute atomic E-state index is 11.7. The Kier molecular flexibility index (Phi) is 5.35. The van der Waals surface area contributed by atoms with Crippen LogP contribution in [-0.4, -0.2) is 73.6 Å². The van der Waals surface area contributed by atoms with E-state index in [2.05, 4.69) is 62.0 Å². The summed E-state index contributed by atoms with van der Waals surface area (Å²) in [5.41, 5.74) is 2.23. The first kappa shape index (κ1) is 21.3. The van der Waals surface area contributed by atoms with Crippen LogP contribution in [0.3, 0.4) is 0 Å². The lowest BCUT2D eigenvalue weighted by Crippen LogP contribution is -2.43. The topological polar surface area (TPSA) is 97.3 Å². The molecule has 0 bridgehead atoms. The zero-order chi connectivity index (χ0) is 23.2. The average molecular weight is 477 g/mol. The highest BCUT2D eigenvalue weighted by Gasteiger charge is 2.23. The number of fused-ring (bicyclic) bond motifs is 1. The zero-order valence-corrected chi connectivity index (χ0v) is 20.0. The molecule has 0 atom stereocenters. The lowest BCUT2D eigenvalue weighted by atomic mass is 10.2. The van der Waals surface area contributed by atoms with Crippen molar-refractivity contribution in [2.24, 2.45) is 0 Å². The van der Waals surface area contributed by atoms with Crippen LogP contribution < -0.4 is 21.7 Å². The Morgan fingerprint density at radius 2 is 2.06 bits per heavy atom. The Morgan fingerprint density at radius 3 is 2.79 bits per heavy atom. The Bertz CT molecular complexity index is 1500. The largest absolute Gasteiger partial charge is 0.367 e. The van der Waals surface area contributed by atoms with E-state index in [9.17, 15) is 4.79 Å². The van der Waals surface area contributed by atoms with Crippen LogP contribution in [0.1, 0.15) is 23.3 Å². The molecule has 1 saturated heterocycles. The van der Waals surface area contributed by atoms with Crippen molar-refractivity contribution in [3.63, 3.8) is 0 Å². The Balaban J connectivity index is 1.37. The number of rotatable bonds is 6. The van der Waals surface area contributed by atoms with Crippen LogP contribution in [0.15, 0.2) is 29.2 Å². The van der Waals surface area contributed by atoms with E-state index in [0.717, 1.165) is 60.3 Å². The summed E-state index contributed by atoms with van der Waals surface area (Å²) in [7, 11) is 2.18. The van der Waals surface area contributed by atoms with Crippen LogP contribution in [0.2, 0.25) is 0 Å². The van der Waals surface area contributed by atoms with E-state index in [1.54, 1.807) is 17.5 Å². The molecule has 3 N–H and O–H groups in total. The number of piperazine rings is 1. The Hall–Kier alpha value is -3.21. The quantitative estimate of drug-likeness (QED) is 0.385. The summed E-state index contributed by atoms with van der Waals surface area (Å²) >= 11 is 1.80. The van der Waals surface area contributed by atoms with Crippen LogP contribution in [0, 0.1) is 0 Å². The minimum Gasteiger partial charge on any atom is -0.367 e. The van der Waals surface area contributed by atoms with Gasteiger partial charge in [0.2, 0.25) is 0 Å². The number of aromatic amines is 2. The van der Waals surface area contributed by atoms with Gasteiger partial charge in [-0.05, 0) is 38.1 Å². The number of anilines is 1. The fraction of sp³-hybridized carbons (Fsp3) is 0.375. The van der Waals surface area contributed by atoms with Gasteiger partial charge in [0.25, 0.3) is 0 Å². The van der Waals surface area contributed by atoms with Crippen molar-refractivity contribution in [1.82, 2.24) is 34.4 Å². The third-order valence-electron chi connectivity index (χ3n) is 6.46. The molecule has 2 aliphatic rings. The third kappa shape index (κ3) is 4.31. The fourth-order valence-corrected chi connectivity index (χ4v) is 5.30. The van der Waals surface area contributed by atoms with Crippen molar-refractivity contribution in [2.45, 2.75) is 25.4 Å². The van der Waals surface area contributed by atoms with Gasteiger partial charge in [0.05, 0.1) is 27.5 Å². The smallest absolute Gasteiger partial charge is 0.323 e. The van der Waals surface area contributed by atoms with Crippen molar-refractivity contribution < 1.29 is 0 Å². The molecule has 1 aliphatic heterocycles. The SMILES string of the molecule is C=c1[nH]c(=O)[nH]/c1=C\c1cnn2c(NC3CC3)cc(-c3ccc(CN4CCN(C)CC4)s3)nc12. The van der Waals surface area contributed by atoms with Crippen LogP contribution in [0.5, 0.6) is 0 Å². The van der Waals surface area contributed by atoms with E-state index in [4.69, 9.17) is 4.98 Å². The molecule has 9 nitrogen and oxygen atoms in total. The normalized spacial score (nSPS) is 18.2. The number of H-pyrrole nitrogens is 2. The van der Waals surface area contributed by atoms with Gasteiger partial charge in [0.15, 0.2) is 5.65 Å². The number of hydrogen-bond donors (Lipinski definition) is 3. The van der Waals surface area contributed by atoms with Gasteiger partial charge in [0, 0.05) is 55.3 Å². The first-order valence-electron chi connectivity index (χ1n) is 11.7. The van der Waals surface area contributed by atoms with E-state index in [1.807, 2.05) is 10.6 Å². The van der Waals surface area contributed by atoms with Gasteiger partial charge in [-0.2, -0.15) is 9.61 Å². The number of thiophene rings is 1. The van der Waals surface area contributed by atoms with Crippen LogP contribution in [0.25, 0.3) is 28.9 Å². The number of hydrogen-bond acceptors (Lipinski definition) is 7. The Labute approximate surface area is 200 Å². The first-order valence-corrected chi connectivity index (χ1v) is 12.5. The van der Waals surface area contributed by atoms with Crippen molar-refractivity contribution in [3.05, 3.63) is 56.0 Å². The van der Waals surface area contributed by atoms with E-state index in [0.29, 0.717) is 16.7 Å². The molecule has 0 unspecified atom stereocenters. The van der Waals surface area contributed by atoms with Gasteiger partial charge in [0.1, 0.15) is 5.82 Å². The number of likely N-dealkylation sites (N-methyl/N-ethyl adjacent to an activating group) is 1. The predicted octanol–water partition coefficient (Wildman–Crippen LogP) is 1.04. The molecule has 0 radical (unpaired) electrons. The minimum absolute atomic E-state index is 0.274. The second-order valence-electron chi connectivity index (χ2n) is 9.24. The molecule has 4 aromatic rings. The van der Waals surface area contributed by atoms with Crippen LogP contribution >= 0.6 is 11.3 Å². The predicted molar refractivity (Wildman–Crippen MR) is 135 cm³/mol. The summed E-state index contributed by atoms with van der Waals surface area (Å²) < 4.78 is 1.85. The summed E-state index contributed by atoms with van der Waals surface area (Å²) in [5, 5.41) is 9.37. The molecule has 1 aliphatic carbocycles. The maximum atomic E-state index is 11.7. The minimum atomic E-state index is -0.274. The number of aromatic nitrogens is 5. The molecule has 10 heteroatoms. The van der Waals surface area contributed by atoms with Gasteiger partial charge in [-0.1, -0.05) is 6.58 Å². The summed E-state index contributed by atoms with van der Waals surface area (Å²) in [6.45, 7) is 9.33. The molecular weight excluding hydrogens is 448 g/mol. The number of imidazole rings is 1. The summed E-state index contributed by atoms with van der Waals surface area (Å²) in [6, 6.07) is 6.98. The van der Waals surface area contributed by atoms with Crippen molar-refractivity contribution in [2.75, 3.05) is 38.5 Å². The van der Waals surface area contributed by atoms with Gasteiger partial charge in [-0.15, -0.1) is 11.3 Å². The zero-order valence-electron chi connectivity index (χ0n) is 19.2. The van der Waals surface area contributed by atoms with Crippen molar-refractivity contribution in [3.8, 4) is 10.6 Å². The number of nitrogens with zero attached hydrogens (tertiary/aromatic N) is 5. The van der Waals surface area contributed by atoms with E-state index in [-0.39, 0.29) is 5.69 Å². The summed E-state index contributed by atoms with van der Waals surface area (Å²) in [4.78, 5) is 29.5. The molecule has 4 aromatic heterocycles. The molecule has 6 rings (SSSR count). The number of nitrogens with one attached hydrogen (secondary N) is 3. The molecule has 34 heavy (non-hydrogen) atoms. The maximum Gasteiger partial charge on any atom is 0.323 e. The van der Waals surface area contributed by atoms with Crippen LogP contribution in [0.4, 0.5) is 5.82 Å². The molecule has 0 spiro atoms. The monoisotopic (exact) mass is 476 g/mol. The van der Waals surface area contributed by atoms with Crippen molar-refractivity contribution >= 4 is 35.5 Å². The molecular formula is C24H28N8OS. The van der Waals surface area contributed by atoms with Crippen molar-refractivity contribution in [1.29, 1.82) is 0 Å². The van der Waals surface area contributed by atoms with E-state index < -0.39 is 0 Å². The molecule has 0 aromatic carbocycles. The van der Waals surface area contributed by atoms with Gasteiger partial charge in [-0.25, -0.2) is 9.78 Å². The third-order valence-corrected chi connectivity index (χ3v) is 7.55. The molecule has 1 saturated carbocycles. The Morgan fingerprint density at radius 1 is 1.24 bits per heavy atom. The van der Waals surface area contributed by atoms with E-state index >= 15 is 0 Å². The highest BCUT2D eigenvalue weighted by molar-refractivity contribution is 7.15. The van der Waals surface area contributed by atoms with Gasteiger partial charge >= 0.3 is 5.69 Å². The molecule has 176 valence electrons. The highest BCUT2D eigenvalue weighted by Crippen LogP contribution is 2.32. The lowest BCUT2D eigenvalue weighted by molar-refractivity contribution is 0.149.